The summed E-state index contributed by atoms with van der Waals surface area (Å²) in [6, 6.07) is 26.6. The Kier molecular flexibility index (Phi) is 8.51. The van der Waals surface area contributed by atoms with Gasteiger partial charge in [0.1, 0.15) is 12.4 Å². The Morgan fingerprint density at radius 1 is 1.00 bits per heavy atom. The molecule has 0 bridgehead atoms. The maximum Gasteiger partial charge on any atom is 0.333 e. The number of rotatable bonds is 11. The highest BCUT2D eigenvalue weighted by atomic mass is 16.5. The van der Waals surface area contributed by atoms with Crippen LogP contribution in [0.5, 0.6) is 5.75 Å². The first-order valence-corrected chi connectivity index (χ1v) is 11.0. The molecule has 0 spiro atoms. The lowest BCUT2D eigenvalue weighted by molar-refractivity contribution is -0.150. The summed E-state index contributed by atoms with van der Waals surface area (Å²) in [5.41, 5.74) is 1.41. The summed E-state index contributed by atoms with van der Waals surface area (Å²) >= 11 is 0. The molecule has 0 aromatic heterocycles. The molecule has 0 saturated heterocycles. The molecule has 33 heavy (non-hydrogen) atoms. The zero-order valence-corrected chi connectivity index (χ0v) is 19.1. The number of ether oxygens (including phenoxy) is 2. The van der Waals surface area contributed by atoms with E-state index in [9.17, 15) is 4.79 Å². The minimum atomic E-state index is -1.18. The van der Waals surface area contributed by atoms with E-state index in [-0.39, 0.29) is 12.6 Å². The number of nitrogens with one attached hydrogen (secondary N) is 2. The molecule has 5 heteroatoms. The van der Waals surface area contributed by atoms with Crippen molar-refractivity contribution >= 4 is 11.7 Å². The molecule has 3 aromatic rings. The molecule has 3 aromatic carbocycles. The third-order valence-electron chi connectivity index (χ3n) is 5.44. The molecule has 0 fully saturated rings. The average Bonchev–Trinajstić information content (AvgIpc) is 2.88. The van der Waals surface area contributed by atoms with Gasteiger partial charge < -0.3 is 14.8 Å². The van der Waals surface area contributed by atoms with Gasteiger partial charge in [-0.15, -0.1) is 6.42 Å². The number of anilines is 1. The van der Waals surface area contributed by atoms with Crippen LogP contribution in [0.25, 0.3) is 0 Å². The van der Waals surface area contributed by atoms with Crippen molar-refractivity contribution in [3.63, 3.8) is 0 Å². The second kappa shape index (κ2) is 11.8. The number of esters is 1. The third-order valence-corrected chi connectivity index (χ3v) is 5.44. The van der Waals surface area contributed by atoms with Crippen LogP contribution in [0.3, 0.4) is 0 Å². The molecule has 0 saturated carbocycles. The lowest BCUT2D eigenvalue weighted by Crippen LogP contribution is -2.56. The molecular formula is C28H30N2O3. The van der Waals surface area contributed by atoms with Gasteiger partial charge in [-0.25, -0.2) is 4.79 Å². The van der Waals surface area contributed by atoms with E-state index in [0.717, 1.165) is 23.2 Å². The molecule has 2 atom stereocenters. The minimum absolute atomic E-state index is 0.194. The molecule has 170 valence electrons. The SMILES string of the molecule is C#CCOc1ccc([C@H](Nc2ccccc2)[C@](NCCC)(C(=O)OC)c2ccccc2)cc1. The first-order chi connectivity index (χ1) is 16.2. The second-order valence-electron chi connectivity index (χ2n) is 7.60. The van der Waals surface area contributed by atoms with Crippen LogP contribution in [-0.2, 0) is 15.1 Å². The first-order valence-electron chi connectivity index (χ1n) is 11.0. The smallest absolute Gasteiger partial charge is 0.333 e. The van der Waals surface area contributed by atoms with Crippen molar-refractivity contribution in [2.24, 2.45) is 0 Å². The number of hydrogen-bond acceptors (Lipinski definition) is 5. The average molecular weight is 443 g/mol. The Morgan fingerprint density at radius 3 is 2.21 bits per heavy atom. The number of carbonyl (C=O) groups is 1. The monoisotopic (exact) mass is 442 g/mol. The molecule has 2 N–H and O–H groups in total. The van der Waals surface area contributed by atoms with E-state index in [4.69, 9.17) is 15.9 Å². The lowest BCUT2D eigenvalue weighted by atomic mass is 9.78. The van der Waals surface area contributed by atoms with Crippen LogP contribution in [-0.4, -0.2) is 26.2 Å². The normalized spacial score (nSPS) is 13.2. The Labute approximate surface area is 196 Å². The van der Waals surface area contributed by atoms with Gasteiger partial charge >= 0.3 is 5.97 Å². The fourth-order valence-corrected chi connectivity index (χ4v) is 3.89. The van der Waals surface area contributed by atoms with Crippen molar-refractivity contribution in [1.82, 2.24) is 5.32 Å². The first kappa shape index (κ1) is 23.9. The van der Waals surface area contributed by atoms with E-state index in [1.165, 1.54) is 7.11 Å². The van der Waals surface area contributed by atoms with Gasteiger partial charge in [-0.1, -0.05) is 73.5 Å². The highest BCUT2D eigenvalue weighted by Crippen LogP contribution is 2.39. The van der Waals surface area contributed by atoms with Gasteiger partial charge in [0.05, 0.1) is 13.2 Å². The number of carbonyl (C=O) groups excluding carboxylic acids is 1. The molecule has 0 aliphatic heterocycles. The van der Waals surface area contributed by atoms with Gasteiger partial charge in [-0.2, -0.15) is 0 Å². The highest BCUT2D eigenvalue weighted by molar-refractivity contribution is 5.85. The second-order valence-corrected chi connectivity index (χ2v) is 7.60. The Hall–Kier alpha value is -3.75. The summed E-state index contributed by atoms with van der Waals surface area (Å²) in [7, 11) is 1.42. The number of para-hydroxylation sites is 1. The molecule has 0 aliphatic carbocycles. The molecule has 5 nitrogen and oxygen atoms in total. The van der Waals surface area contributed by atoms with E-state index in [0.29, 0.717) is 12.3 Å². The van der Waals surface area contributed by atoms with E-state index < -0.39 is 11.6 Å². The van der Waals surface area contributed by atoms with Crippen molar-refractivity contribution in [2.75, 3.05) is 25.6 Å². The molecule has 0 radical (unpaired) electrons. The Bertz CT molecular complexity index is 1050. The van der Waals surface area contributed by atoms with Gasteiger partial charge in [0.2, 0.25) is 0 Å². The van der Waals surface area contributed by atoms with Gasteiger partial charge in [0.15, 0.2) is 5.54 Å². The minimum Gasteiger partial charge on any atom is -0.481 e. The Morgan fingerprint density at radius 2 is 1.64 bits per heavy atom. The van der Waals surface area contributed by atoms with E-state index in [2.05, 4.69) is 23.5 Å². The summed E-state index contributed by atoms with van der Waals surface area (Å²) in [6.07, 6.45) is 6.16. The van der Waals surface area contributed by atoms with Crippen molar-refractivity contribution in [3.8, 4) is 18.1 Å². The lowest BCUT2D eigenvalue weighted by Gasteiger charge is -2.40. The number of methoxy groups -OCH3 is 1. The van der Waals surface area contributed by atoms with E-state index in [1.54, 1.807) is 0 Å². The zero-order chi connectivity index (χ0) is 23.5. The van der Waals surface area contributed by atoms with Crippen LogP contribution in [0.15, 0.2) is 84.9 Å². The molecule has 0 heterocycles. The quantitative estimate of drug-likeness (QED) is 0.326. The summed E-state index contributed by atoms with van der Waals surface area (Å²) in [5, 5.41) is 7.11. The largest absolute Gasteiger partial charge is 0.481 e. The van der Waals surface area contributed by atoms with Crippen LogP contribution in [0.2, 0.25) is 0 Å². The van der Waals surface area contributed by atoms with Gasteiger partial charge in [-0.05, 0) is 48.4 Å². The van der Waals surface area contributed by atoms with E-state index in [1.807, 2.05) is 84.9 Å². The third kappa shape index (κ3) is 5.54. The van der Waals surface area contributed by atoms with Gasteiger partial charge in [0.25, 0.3) is 0 Å². The van der Waals surface area contributed by atoms with Crippen molar-refractivity contribution in [2.45, 2.75) is 24.9 Å². The molecule has 0 unspecified atom stereocenters. The number of terminal acetylenes is 1. The highest BCUT2D eigenvalue weighted by Gasteiger charge is 2.49. The fourth-order valence-electron chi connectivity index (χ4n) is 3.89. The van der Waals surface area contributed by atoms with Gasteiger partial charge in [-0.3, -0.25) is 5.32 Å². The zero-order valence-electron chi connectivity index (χ0n) is 19.1. The standard InChI is InChI=1S/C28H30N2O3/c1-4-20-29-28(27(31)32-3,23-12-8-6-9-13-23)26(30-24-14-10-7-11-15-24)22-16-18-25(19-17-22)33-21-5-2/h2,6-19,26,29-30H,4,20-21H2,1,3H3/t26-,28-/m0/s1. The number of benzene rings is 3. The van der Waals surface area contributed by atoms with Crippen molar-refractivity contribution in [3.05, 3.63) is 96.1 Å². The molecule has 0 amide bonds. The van der Waals surface area contributed by atoms with Crippen LogP contribution in [0.4, 0.5) is 5.69 Å². The van der Waals surface area contributed by atoms with Gasteiger partial charge in [0, 0.05) is 5.69 Å². The van der Waals surface area contributed by atoms with Crippen molar-refractivity contribution in [1.29, 1.82) is 0 Å². The van der Waals surface area contributed by atoms with Crippen LogP contribution in [0.1, 0.15) is 30.5 Å². The molecule has 3 rings (SSSR count). The summed E-state index contributed by atoms with van der Waals surface area (Å²) < 4.78 is 10.9. The fraction of sp³-hybridized carbons (Fsp3) is 0.250. The topological polar surface area (TPSA) is 59.6 Å². The molecular weight excluding hydrogens is 412 g/mol. The summed E-state index contributed by atoms with van der Waals surface area (Å²) in [6.45, 7) is 2.89. The Balaban J connectivity index is 2.18. The summed E-state index contributed by atoms with van der Waals surface area (Å²) in [4.78, 5) is 13.6. The predicted molar refractivity (Wildman–Crippen MR) is 132 cm³/mol. The summed E-state index contributed by atoms with van der Waals surface area (Å²) in [5.74, 6) is 2.77. The maximum absolute atomic E-state index is 13.6. The maximum atomic E-state index is 13.6. The van der Waals surface area contributed by atoms with Crippen LogP contribution in [0, 0.1) is 12.3 Å². The number of hydrogen-bond donors (Lipinski definition) is 2. The molecule has 0 aliphatic rings. The van der Waals surface area contributed by atoms with Crippen molar-refractivity contribution < 1.29 is 14.3 Å². The van der Waals surface area contributed by atoms with Crippen LogP contribution >= 0.6 is 0 Å². The predicted octanol–water partition coefficient (Wildman–Crippen LogP) is 4.92. The van der Waals surface area contributed by atoms with E-state index >= 15 is 0 Å². The van der Waals surface area contributed by atoms with Crippen LogP contribution < -0.4 is 15.4 Å².